The van der Waals surface area contributed by atoms with Gasteiger partial charge in [0.2, 0.25) is 11.8 Å². The molecule has 0 atom stereocenters. The molecule has 0 saturated carbocycles. The third kappa shape index (κ3) is 5.92. The van der Waals surface area contributed by atoms with E-state index in [4.69, 9.17) is 0 Å². The van der Waals surface area contributed by atoms with Crippen LogP contribution in [-0.4, -0.2) is 29.1 Å². The highest BCUT2D eigenvalue weighted by Crippen LogP contribution is 2.28. The van der Waals surface area contributed by atoms with Gasteiger partial charge in [-0.15, -0.1) is 11.3 Å². The van der Waals surface area contributed by atoms with Crippen molar-refractivity contribution in [3.05, 3.63) is 64.5 Å². The first-order valence-electron chi connectivity index (χ1n) is 9.20. The van der Waals surface area contributed by atoms with Crippen molar-refractivity contribution in [3.63, 3.8) is 0 Å². The summed E-state index contributed by atoms with van der Waals surface area (Å²) in [4.78, 5) is 28.8. The van der Waals surface area contributed by atoms with Crippen molar-refractivity contribution in [3.8, 4) is 11.3 Å². The molecule has 0 spiro atoms. The fourth-order valence-corrected chi connectivity index (χ4v) is 4.65. The van der Waals surface area contributed by atoms with Crippen LogP contribution in [0.4, 0.5) is 5.69 Å². The number of hydrogen-bond donors (Lipinski definition) is 2. The first-order chi connectivity index (χ1) is 13.9. The van der Waals surface area contributed by atoms with Gasteiger partial charge in [-0.1, -0.05) is 59.8 Å². The van der Waals surface area contributed by atoms with Gasteiger partial charge in [-0.2, -0.15) is 0 Å². The summed E-state index contributed by atoms with van der Waals surface area (Å²) in [5.74, 6) is -0.213. The normalized spacial score (nSPS) is 10.6. The summed E-state index contributed by atoms with van der Waals surface area (Å²) in [5, 5.41) is 7.53. The lowest BCUT2D eigenvalue weighted by atomic mass is 10.1. The second-order valence-corrected chi connectivity index (χ2v) is 8.83. The summed E-state index contributed by atoms with van der Waals surface area (Å²) >= 11 is 2.88. The molecular weight excluding hydrogens is 402 g/mol. The van der Waals surface area contributed by atoms with Crippen LogP contribution in [0.5, 0.6) is 0 Å². The lowest BCUT2D eigenvalue weighted by Crippen LogP contribution is -2.34. The molecule has 150 valence electrons. The lowest BCUT2D eigenvalue weighted by Gasteiger charge is -2.13. The van der Waals surface area contributed by atoms with Crippen molar-refractivity contribution in [2.24, 2.45) is 0 Å². The van der Waals surface area contributed by atoms with E-state index in [1.54, 1.807) is 0 Å². The Balaban J connectivity index is 1.46. The Labute approximate surface area is 179 Å². The monoisotopic (exact) mass is 425 g/mol. The van der Waals surface area contributed by atoms with Crippen LogP contribution in [0.2, 0.25) is 0 Å². The molecule has 5 nitrogen and oxygen atoms in total. The van der Waals surface area contributed by atoms with Gasteiger partial charge in [-0.25, -0.2) is 4.98 Å². The number of nitrogens with zero attached hydrogens (tertiary/aromatic N) is 1. The molecule has 0 fully saturated rings. The van der Waals surface area contributed by atoms with Crippen molar-refractivity contribution in [2.75, 3.05) is 17.6 Å². The molecule has 1 heterocycles. The maximum atomic E-state index is 12.2. The number of benzene rings is 2. The van der Waals surface area contributed by atoms with Crippen LogP contribution in [0.25, 0.3) is 11.3 Å². The molecular formula is C22H23N3O2S2. The molecule has 3 aromatic rings. The molecule has 0 aliphatic rings. The van der Waals surface area contributed by atoms with E-state index in [0.29, 0.717) is 0 Å². The zero-order valence-corrected chi connectivity index (χ0v) is 18.2. The minimum atomic E-state index is -0.237. The summed E-state index contributed by atoms with van der Waals surface area (Å²) in [6.07, 6.45) is 0. The van der Waals surface area contributed by atoms with Gasteiger partial charge in [0.15, 0.2) is 4.34 Å². The second kappa shape index (κ2) is 9.71. The van der Waals surface area contributed by atoms with Crippen molar-refractivity contribution in [1.29, 1.82) is 0 Å². The molecule has 2 N–H and O–H groups in total. The second-order valence-electron chi connectivity index (χ2n) is 6.75. The third-order valence-corrected chi connectivity index (χ3v) is 6.29. The van der Waals surface area contributed by atoms with Crippen molar-refractivity contribution in [1.82, 2.24) is 10.3 Å². The molecule has 0 radical (unpaired) electrons. The molecule has 29 heavy (non-hydrogen) atoms. The maximum Gasteiger partial charge on any atom is 0.243 e. The minimum Gasteiger partial charge on any atom is -0.346 e. The van der Waals surface area contributed by atoms with Crippen LogP contribution in [0, 0.1) is 20.8 Å². The van der Waals surface area contributed by atoms with Gasteiger partial charge in [-0.05, 0) is 31.9 Å². The quantitative estimate of drug-likeness (QED) is 0.544. The van der Waals surface area contributed by atoms with Crippen LogP contribution >= 0.6 is 23.1 Å². The van der Waals surface area contributed by atoms with E-state index in [9.17, 15) is 9.59 Å². The van der Waals surface area contributed by atoms with Crippen LogP contribution < -0.4 is 10.6 Å². The predicted octanol–water partition coefficient (Wildman–Crippen LogP) is 4.58. The summed E-state index contributed by atoms with van der Waals surface area (Å²) in [6, 6.07) is 14.0. The van der Waals surface area contributed by atoms with E-state index in [1.165, 1.54) is 23.1 Å². The molecule has 2 amide bonds. The van der Waals surface area contributed by atoms with Gasteiger partial charge in [0, 0.05) is 16.6 Å². The Morgan fingerprint density at radius 2 is 1.72 bits per heavy atom. The Bertz CT molecular complexity index is 993. The number of amides is 2. The number of hydrogen-bond acceptors (Lipinski definition) is 5. The standard InChI is InChI=1S/C22H23N3O2S2/c1-14-9-15(2)21(16(3)10-14)25-19(26)11-23-20(27)13-29-22-24-18(12-28-22)17-7-5-4-6-8-17/h4-10,12H,11,13H2,1-3H3,(H,23,27)(H,25,26). The van der Waals surface area contributed by atoms with Gasteiger partial charge in [0.05, 0.1) is 18.0 Å². The van der Waals surface area contributed by atoms with Gasteiger partial charge in [0.25, 0.3) is 0 Å². The molecule has 0 bridgehead atoms. The first-order valence-corrected chi connectivity index (χ1v) is 11.1. The Morgan fingerprint density at radius 1 is 1.03 bits per heavy atom. The molecule has 0 aliphatic carbocycles. The van der Waals surface area contributed by atoms with Gasteiger partial charge < -0.3 is 10.6 Å². The minimum absolute atomic E-state index is 0.0563. The third-order valence-electron chi connectivity index (χ3n) is 4.27. The highest BCUT2D eigenvalue weighted by atomic mass is 32.2. The number of aryl methyl sites for hydroxylation is 3. The number of aromatic nitrogens is 1. The number of nitrogens with one attached hydrogen (secondary N) is 2. The molecule has 0 saturated heterocycles. The number of thioether (sulfide) groups is 1. The van der Waals surface area contributed by atoms with Crippen LogP contribution in [-0.2, 0) is 9.59 Å². The van der Waals surface area contributed by atoms with Crippen LogP contribution in [0.3, 0.4) is 0 Å². The fraction of sp³-hybridized carbons (Fsp3) is 0.227. The van der Waals surface area contributed by atoms with Crippen LogP contribution in [0.15, 0.2) is 52.2 Å². The molecule has 0 unspecified atom stereocenters. The van der Waals surface area contributed by atoms with E-state index in [1.807, 2.05) is 68.6 Å². The Kier molecular flexibility index (Phi) is 7.06. The number of thiazole rings is 1. The molecule has 2 aromatic carbocycles. The zero-order chi connectivity index (χ0) is 20.8. The number of rotatable bonds is 7. The van der Waals surface area contributed by atoms with E-state index < -0.39 is 0 Å². The molecule has 0 aliphatic heterocycles. The summed E-state index contributed by atoms with van der Waals surface area (Å²) < 4.78 is 0.828. The van der Waals surface area contributed by atoms with Gasteiger partial charge in [-0.3, -0.25) is 9.59 Å². The average Bonchev–Trinajstić information content (AvgIpc) is 3.17. The van der Waals surface area contributed by atoms with Gasteiger partial charge >= 0.3 is 0 Å². The van der Waals surface area contributed by atoms with Crippen molar-refractivity contribution in [2.45, 2.75) is 25.1 Å². The molecule has 1 aromatic heterocycles. The van der Waals surface area contributed by atoms with E-state index >= 15 is 0 Å². The van der Waals surface area contributed by atoms with Crippen molar-refractivity contribution < 1.29 is 9.59 Å². The SMILES string of the molecule is Cc1cc(C)c(NC(=O)CNC(=O)CSc2nc(-c3ccccc3)cs2)c(C)c1. The predicted molar refractivity (Wildman–Crippen MR) is 121 cm³/mol. The smallest absolute Gasteiger partial charge is 0.243 e. The fourth-order valence-electron chi connectivity index (χ4n) is 2.98. The average molecular weight is 426 g/mol. The van der Waals surface area contributed by atoms with Crippen molar-refractivity contribution >= 4 is 40.6 Å². The van der Waals surface area contributed by atoms with E-state index in [0.717, 1.165) is 38.0 Å². The summed E-state index contributed by atoms with van der Waals surface area (Å²) in [7, 11) is 0. The zero-order valence-electron chi connectivity index (χ0n) is 16.6. The number of carbonyl (C=O) groups is 2. The Hall–Kier alpha value is -2.64. The topological polar surface area (TPSA) is 71.1 Å². The van der Waals surface area contributed by atoms with Gasteiger partial charge in [0.1, 0.15) is 0 Å². The summed E-state index contributed by atoms with van der Waals surface area (Å²) in [5.41, 5.74) is 5.94. The number of anilines is 1. The largest absolute Gasteiger partial charge is 0.346 e. The highest BCUT2D eigenvalue weighted by molar-refractivity contribution is 8.01. The molecule has 7 heteroatoms. The Morgan fingerprint density at radius 3 is 2.41 bits per heavy atom. The van der Waals surface area contributed by atoms with E-state index in [-0.39, 0.29) is 24.1 Å². The van der Waals surface area contributed by atoms with E-state index in [2.05, 4.69) is 15.6 Å². The molecule has 3 rings (SSSR count). The first kappa shape index (κ1) is 21.1. The van der Waals surface area contributed by atoms with Crippen LogP contribution in [0.1, 0.15) is 16.7 Å². The lowest BCUT2D eigenvalue weighted by molar-refractivity contribution is -0.122. The highest BCUT2D eigenvalue weighted by Gasteiger charge is 2.11. The number of carbonyl (C=O) groups excluding carboxylic acids is 2. The summed E-state index contributed by atoms with van der Waals surface area (Å²) in [6.45, 7) is 5.89. The maximum absolute atomic E-state index is 12.2.